The summed E-state index contributed by atoms with van der Waals surface area (Å²) in [6.45, 7) is 0. The number of nitrogens with zero attached hydrogens (tertiary/aromatic N) is 1. The minimum atomic E-state index is -0.334. The molecule has 1 aromatic carbocycles. The molecule has 0 saturated heterocycles. The Balaban J connectivity index is 2.62. The predicted molar refractivity (Wildman–Crippen MR) is 61.4 cm³/mol. The van der Waals surface area contributed by atoms with Crippen molar-refractivity contribution in [2.24, 2.45) is 0 Å². The van der Waals surface area contributed by atoms with Crippen molar-refractivity contribution in [3.05, 3.63) is 41.1 Å². The lowest BCUT2D eigenvalue weighted by Gasteiger charge is -2.07. The van der Waals surface area contributed by atoms with Crippen LogP contribution in [0.1, 0.15) is 0 Å². The third-order valence-corrected chi connectivity index (χ3v) is 2.31. The summed E-state index contributed by atoms with van der Waals surface area (Å²) < 4.78 is 18.8. The number of hydrogen-bond donors (Lipinski definition) is 1. The molecule has 0 atom stereocenters. The first-order chi connectivity index (χ1) is 7.70. The van der Waals surface area contributed by atoms with E-state index in [0.29, 0.717) is 21.6 Å². The summed E-state index contributed by atoms with van der Waals surface area (Å²) in [6.07, 6.45) is 3.09. The van der Waals surface area contributed by atoms with E-state index in [1.54, 1.807) is 12.3 Å². The number of rotatable bonds is 2. The Hall–Kier alpha value is -1.75. The van der Waals surface area contributed by atoms with Crippen LogP contribution in [0.5, 0.6) is 5.75 Å². The SMILES string of the molecule is COc1ccc(F)cc1-c1cncc(=S)[nH]1. The average Bonchev–Trinajstić information content (AvgIpc) is 2.29. The van der Waals surface area contributed by atoms with Crippen LogP contribution < -0.4 is 4.74 Å². The summed E-state index contributed by atoms with van der Waals surface area (Å²) in [5, 5.41) is 0. The Morgan fingerprint density at radius 2 is 2.19 bits per heavy atom. The van der Waals surface area contributed by atoms with Crippen molar-refractivity contribution in [3.63, 3.8) is 0 Å². The van der Waals surface area contributed by atoms with Gasteiger partial charge in [0, 0.05) is 5.56 Å². The second kappa shape index (κ2) is 4.40. The van der Waals surface area contributed by atoms with Gasteiger partial charge in [0.15, 0.2) is 0 Å². The Labute approximate surface area is 96.9 Å². The molecule has 0 amide bonds. The van der Waals surface area contributed by atoms with Crippen molar-refractivity contribution in [3.8, 4) is 17.0 Å². The maximum absolute atomic E-state index is 13.2. The number of H-pyrrole nitrogens is 1. The molecular formula is C11H9FN2OS. The number of ether oxygens (including phenoxy) is 1. The molecule has 0 aliphatic heterocycles. The van der Waals surface area contributed by atoms with Gasteiger partial charge in [-0.15, -0.1) is 0 Å². The summed E-state index contributed by atoms with van der Waals surface area (Å²) in [5.41, 5.74) is 1.23. The molecule has 0 aliphatic carbocycles. The summed E-state index contributed by atoms with van der Waals surface area (Å²) in [7, 11) is 1.53. The first kappa shape index (κ1) is 10.8. The fraction of sp³-hybridized carbons (Fsp3) is 0.0909. The van der Waals surface area contributed by atoms with Gasteiger partial charge in [-0.05, 0) is 18.2 Å². The molecule has 0 bridgehead atoms. The van der Waals surface area contributed by atoms with Crippen LogP contribution in [0.25, 0.3) is 11.3 Å². The molecule has 1 N–H and O–H groups in total. The Morgan fingerprint density at radius 1 is 1.38 bits per heavy atom. The molecule has 0 spiro atoms. The highest BCUT2D eigenvalue weighted by Crippen LogP contribution is 2.28. The van der Waals surface area contributed by atoms with Crippen molar-refractivity contribution in [2.45, 2.75) is 0 Å². The van der Waals surface area contributed by atoms with Gasteiger partial charge in [-0.3, -0.25) is 4.98 Å². The maximum Gasteiger partial charge on any atom is 0.128 e. The maximum atomic E-state index is 13.2. The molecule has 0 unspecified atom stereocenters. The lowest BCUT2D eigenvalue weighted by atomic mass is 10.1. The molecule has 82 valence electrons. The van der Waals surface area contributed by atoms with Crippen LogP contribution in [-0.4, -0.2) is 17.1 Å². The lowest BCUT2D eigenvalue weighted by molar-refractivity contribution is 0.415. The fourth-order valence-electron chi connectivity index (χ4n) is 1.40. The summed E-state index contributed by atoms with van der Waals surface area (Å²) >= 11 is 4.96. The van der Waals surface area contributed by atoms with Gasteiger partial charge in [0.05, 0.1) is 25.2 Å². The number of hydrogen-bond acceptors (Lipinski definition) is 3. The van der Waals surface area contributed by atoms with Gasteiger partial charge in [0.1, 0.15) is 16.2 Å². The van der Waals surface area contributed by atoms with E-state index in [9.17, 15) is 4.39 Å². The van der Waals surface area contributed by atoms with Crippen LogP contribution in [0, 0.1) is 10.5 Å². The molecule has 1 aromatic heterocycles. The largest absolute Gasteiger partial charge is 0.496 e. The molecule has 0 radical (unpaired) electrons. The number of benzene rings is 1. The number of aromatic nitrogens is 2. The zero-order valence-corrected chi connectivity index (χ0v) is 9.34. The minimum absolute atomic E-state index is 0.334. The van der Waals surface area contributed by atoms with Gasteiger partial charge in [-0.1, -0.05) is 12.2 Å². The third-order valence-electron chi connectivity index (χ3n) is 2.10. The molecule has 0 aliphatic rings. The third kappa shape index (κ3) is 2.09. The van der Waals surface area contributed by atoms with E-state index >= 15 is 0 Å². The topological polar surface area (TPSA) is 37.9 Å². The zero-order chi connectivity index (χ0) is 11.5. The summed E-state index contributed by atoms with van der Waals surface area (Å²) in [5.74, 6) is 0.235. The summed E-state index contributed by atoms with van der Waals surface area (Å²) in [4.78, 5) is 6.88. The first-order valence-corrected chi connectivity index (χ1v) is 5.00. The van der Waals surface area contributed by atoms with E-state index < -0.39 is 0 Å². The predicted octanol–water partition coefficient (Wildman–Crippen LogP) is 2.95. The monoisotopic (exact) mass is 236 g/mol. The Kier molecular flexibility index (Phi) is 2.96. The lowest BCUT2D eigenvalue weighted by Crippen LogP contribution is -1.92. The highest BCUT2D eigenvalue weighted by atomic mass is 32.1. The summed E-state index contributed by atoms with van der Waals surface area (Å²) in [6, 6.07) is 4.28. The van der Waals surface area contributed by atoms with Gasteiger partial charge in [-0.2, -0.15) is 0 Å². The smallest absolute Gasteiger partial charge is 0.128 e. The quantitative estimate of drug-likeness (QED) is 0.815. The van der Waals surface area contributed by atoms with E-state index in [1.165, 1.54) is 25.4 Å². The van der Waals surface area contributed by atoms with E-state index in [1.807, 2.05) is 0 Å². The van der Waals surface area contributed by atoms with Crippen LogP contribution in [0.2, 0.25) is 0 Å². The molecule has 2 aromatic rings. The second-order valence-corrected chi connectivity index (χ2v) is 3.59. The normalized spacial score (nSPS) is 10.1. The van der Waals surface area contributed by atoms with Crippen LogP contribution in [0.4, 0.5) is 4.39 Å². The minimum Gasteiger partial charge on any atom is -0.496 e. The number of nitrogens with one attached hydrogen (secondary N) is 1. The van der Waals surface area contributed by atoms with Crippen LogP contribution in [-0.2, 0) is 0 Å². The number of aromatic amines is 1. The second-order valence-electron chi connectivity index (χ2n) is 3.15. The standard InChI is InChI=1S/C11H9FN2OS/c1-15-10-3-2-7(12)4-8(10)9-5-13-6-11(16)14-9/h2-6H,1H3,(H,14,16). The van der Waals surface area contributed by atoms with Gasteiger partial charge in [0.25, 0.3) is 0 Å². The number of halogens is 1. The molecule has 1 heterocycles. The Morgan fingerprint density at radius 3 is 2.88 bits per heavy atom. The Bertz CT molecular complexity index is 568. The molecule has 2 rings (SSSR count). The van der Waals surface area contributed by atoms with E-state index in [-0.39, 0.29) is 5.82 Å². The van der Waals surface area contributed by atoms with Gasteiger partial charge in [-0.25, -0.2) is 4.39 Å². The molecule has 0 fully saturated rings. The van der Waals surface area contributed by atoms with Crippen LogP contribution in [0.15, 0.2) is 30.6 Å². The van der Waals surface area contributed by atoms with Crippen molar-refractivity contribution >= 4 is 12.2 Å². The highest BCUT2D eigenvalue weighted by Gasteiger charge is 2.07. The average molecular weight is 236 g/mol. The molecule has 0 saturated carbocycles. The van der Waals surface area contributed by atoms with E-state index in [4.69, 9.17) is 17.0 Å². The van der Waals surface area contributed by atoms with E-state index in [2.05, 4.69) is 9.97 Å². The molecule has 5 heteroatoms. The van der Waals surface area contributed by atoms with Gasteiger partial charge >= 0.3 is 0 Å². The fourth-order valence-corrected chi connectivity index (χ4v) is 1.58. The van der Waals surface area contributed by atoms with Gasteiger partial charge < -0.3 is 9.72 Å². The molecule has 16 heavy (non-hydrogen) atoms. The first-order valence-electron chi connectivity index (χ1n) is 4.59. The van der Waals surface area contributed by atoms with Crippen molar-refractivity contribution in [1.29, 1.82) is 0 Å². The van der Waals surface area contributed by atoms with Crippen molar-refractivity contribution in [1.82, 2.24) is 9.97 Å². The van der Waals surface area contributed by atoms with Crippen LogP contribution >= 0.6 is 12.2 Å². The molecule has 3 nitrogen and oxygen atoms in total. The highest BCUT2D eigenvalue weighted by molar-refractivity contribution is 7.71. The van der Waals surface area contributed by atoms with Crippen molar-refractivity contribution < 1.29 is 9.13 Å². The molecular weight excluding hydrogens is 227 g/mol. The van der Waals surface area contributed by atoms with Crippen molar-refractivity contribution in [2.75, 3.05) is 7.11 Å². The van der Waals surface area contributed by atoms with Gasteiger partial charge in [0.2, 0.25) is 0 Å². The zero-order valence-electron chi connectivity index (χ0n) is 8.53. The van der Waals surface area contributed by atoms with Crippen LogP contribution in [0.3, 0.4) is 0 Å². The number of methoxy groups -OCH3 is 1. The van der Waals surface area contributed by atoms with E-state index in [0.717, 1.165) is 0 Å².